The topological polar surface area (TPSA) is 70.3 Å². The van der Waals surface area contributed by atoms with Gasteiger partial charge in [0.1, 0.15) is 17.7 Å². The molecule has 0 amide bonds. The first-order chi connectivity index (χ1) is 17.4. The van der Waals surface area contributed by atoms with Gasteiger partial charge in [0.25, 0.3) is 0 Å². The zero-order chi connectivity index (χ0) is 25.5. The van der Waals surface area contributed by atoms with E-state index >= 15 is 0 Å². The van der Waals surface area contributed by atoms with Gasteiger partial charge < -0.3 is 21.5 Å². The van der Waals surface area contributed by atoms with Crippen molar-refractivity contribution in [3.8, 4) is 0 Å². The van der Waals surface area contributed by atoms with Gasteiger partial charge in [0, 0.05) is 30.4 Å². The summed E-state index contributed by atoms with van der Waals surface area (Å²) in [6, 6.07) is 20.8. The number of nitrogens with one attached hydrogen (secondary N) is 2. The number of anilines is 2. The van der Waals surface area contributed by atoms with E-state index in [4.69, 9.17) is 5.73 Å². The van der Waals surface area contributed by atoms with E-state index in [1.165, 1.54) is 24.3 Å². The number of benzene rings is 3. The van der Waals surface area contributed by atoms with Gasteiger partial charge in [-0.2, -0.15) is 0 Å². The Kier molecular flexibility index (Phi) is 8.56. The molecule has 3 aromatic rings. The Morgan fingerprint density at radius 2 is 1.42 bits per heavy atom. The van der Waals surface area contributed by atoms with Gasteiger partial charge >= 0.3 is 0 Å². The number of aliphatic hydroxyl groups is 1. The third kappa shape index (κ3) is 6.40. The van der Waals surface area contributed by atoms with Crippen LogP contribution in [0.2, 0.25) is 0 Å². The second kappa shape index (κ2) is 11.8. The highest BCUT2D eigenvalue weighted by Gasteiger charge is 2.41. The fourth-order valence-corrected chi connectivity index (χ4v) is 5.47. The summed E-state index contributed by atoms with van der Waals surface area (Å²) in [5.74, 6) is -0.505. The van der Waals surface area contributed by atoms with Crippen molar-refractivity contribution in [2.24, 2.45) is 0 Å². The van der Waals surface area contributed by atoms with E-state index in [0.29, 0.717) is 5.69 Å². The van der Waals surface area contributed by atoms with Crippen molar-refractivity contribution in [3.05, 3.63) is 95.6 Å². The van der Waals surface area contributed by atoms with E-state index in [2.05, 4.69) is 10.6 Å². The molecule has 1 heterocycles. The number of quaternary nitrogens is 1. The number of hydrogen-bond donors (Lipinski definition) is 4. The molecular formula is C29H37F2N4O+. The summed E-state index contributed by atoms with van der Waals surface area (Å²) in [4.78, 5) is 0. The molecule has 0 aromatic heterocycles. The zero-order valence-electron chi connectivity index (χ0n) is 20.8. The lowest BCUT2D eigenvalue weighted by molar-refractivity contribution is -0.952. The molecule has 0 aliphatic carbocycles. The van der Waals surface area contributed by atoms with E-state index in [1.807, 2.05) is 55.5 Å². The lowest BCUT2D eigenvalue weighted by Gasteiger charge is -2.48. The molecule has 5 N–H and O–H groups in total. The van der Waals surface area contributed by atoms with E-state index in [0.717, 1.165) is 66.9 Å². The molecule has 2 atom stereocenters. The van der Waals surface area contributed by atoms with Gasteiger partial charge in [0.15, 0.2) is 6.17 Å². The fourth-order valence-electron chi connectivity index (χ4n) is 5.47. The summed E-state index contributed by atoms with van der Waals surface area (Å²) in [5.41, 5.74) is 9.53. The van der Waals surface area contributed by atoms with E-state index in [-0.39, 0.29) is 23.7 Å². The van der Waals surface area contributed by atoms with E-state index in [1.54, 1.807) is 0 Å². The SMILES string of the molecule is CC(O)C(Nc1ccc(N)cc1)[N+]1(CCCC(c2ccc(F)cc2)c2ccc(F)cc2)CCNCC1. The van der Waals surface area contributed by atoms with Crippen molar-refractivity contribution in [1.82, 2.24) is 5.32 Å². The van der Waals surface area contributed by atoms with Crippen LogP contribution in [-0.2, 0) is 0 Å². The maximum absolute atomic E-state index is 13.6. The molecule has 1 aliphatic heterocycles. The predicted octanol–water partition coefficient (Wildman–Crippen LogP) is 4.70. The van der Waals surface area contributed by atoms with Crippen LogP contribution in [0.4, 0.5) is 20.2 Å². The molecule has 36 heavy (non-hydrogen) atoms. The number of hydrogen-bond acceptors (Lipinski definition) is 4. The molecule has 192 valence electrons. The molecule has 0 bridgehead atoms. The summed E-state index contributed by atoms with van der Waals surface area (Å²) in [7, 11) is 0. The first kappa shape index (κ1) is 26.1. The number of aliphatic hydroxyl groups excluding tert-OH is 1. The Bertz CT molecular complexity index is 1040. The van der Waals surface area contributed by atoms with Crippen LogP contribution in [0.25, 0.3) is 0 Å². The monoisotopic (exact) mass is 495 g/mol. The number of piperazine rings is 1. The number of nitrogen functional groups attached to an aromatic ring is 1. The molecule has 2 unspecified atom stereocenters. The minimum absolute atomic E-state index is 0.0317. The van der Waals surface area contributed by atoms with E-state index < -0.39 is 6.10 Å². The molecular weight excluding hydrogens is 458 g/mol. The highest BCUT2D eigenvalue weighted by atomic mass is 19.1. The summed E-state index contributed by atoms with van der Waals surface area (Å²) in [5, 5.41) is 17.9. The molecule has 0 radical (unpaired) electrons. The van der Waals surface area contributed by atoms with Crippen LogP contribution in [0.3, 0.4) is 0 Å². The Morgan fingerprint density at radius 1 is 0.889 bits per heavy atom. The Hall–Kier alpha value is -3.00. The van der Waals surface area contributed by atoms with Gasteiger partial charge in [-0.25, -0.2) is 8.78 Å². The third-order valence-corrected chi connectivity index (χ3v) is 7.38. The van der Waals surface area contributed by atoms with Crippen LogP contribution >= 0.6 is 0 Å². The van der Waals surface area contributed by atoms with Gasteiger partial charge in [0.05, 0.1) is 19.6 Å². The van der Waals surface area contributed by atoms with Crippen molar-refractivity contribution in [2.75, 3.05) is 43.8 Å². The summed E-state index contributed by atoms with van der Waals surface area (Å²) < 4.78 is 28.0. The first-order valence-electron chi connectivity index (χ1n) is 12.7. The molecule has 1 saturated heterocycles. The van der Waals surface area contributed by atoms with Gasteiger partial charge in [-0.3, -0.25) is 4.48 Å². The van der Waals surface area contributed by atoms with Crippen molar-refractivity contribution < 1.29 is 18.4 Å². The molecule has 0 spiro atoms. The maximum atomic E-state index is 13.6. The predicted molar refractivity (Wildman–Crippen MR) is 142 cm³/mol. The Labute approximate surface area is 212 Å². The van der Waals surface area contributed by atoms with Gasteiger partial charge in [-0.1, -0.05) is 24.3 Å². The van der Waals surface area contributed by atoms with Crippen LogP contribution in [0.1, 0.15) is 36.8 Å². The zero-order valence-corrected chi connectivity index (χ0v) is 20.8. The first-order valence-corrected chi connectivity index (χ1v) is 12.7. The highest BCUT2D eigenvalue weighted by molar-refractivity contribution is 5.51. The van der Waals surface area contributed by atoms with Gasteiger partial charge in [-0.15, -0.1) is 0 Å². The normalized spacial score (nSPS) is 17.0. The van der Waals surface area contributed by atoms with Crippen LogP contribution in [0.5, 0.6) is 0 Å². The third-order valence-electron chi connectivity index (χ3n) is 7.38. The van der Waals surface area contributed by atoms with Crippen LogP contribution in [0.15, 0.2) is 72.8 Å². The molecule has 1 fully saturated rings. The number of nitrogens with two attached hydrogens (primary N) is 1. The standard InChI is InChI=1S/C29H37F2N4O/c1-21(36)29(34-27-14-12-26(32)13-15-27)35(19-16-33-17-20-35)18-2-3-28(22-4-8-24(30)9-5-22)23-6-10-25(31)11-7-23/h4-15,21,28-29,33-34,36H,2-3,16-20,32H2,1H3/q+1. The second-order valence-electron chi connectivity index (χ2n) is 9.89. The van der Waals surface area contributed by atoms with Gasteiger partial charge in [-0.05, 0) is 79.4 Å². The molecule has 3 aromatic carbocycles. The molecule has 0 saturated carbocycles. The number of rotatable bonds is 10. The summed E-state index contributed by atoms with van der Waals surface area (Å²) in [6.45, 7) is 6.28. The molecule has 4 rings (SSSR count). The Morgan fingerprint density at radius 3 is 1.92 bits per heavy atom. The highest BCUT2D eigenvalue weighted by Crippen LogP contribution is 2.31. The number of nitrogens with zero attached hydrogens (tertiary/aromatic N) is 1. The molecule has 7 heteroatoms. The van der Waals surface area contributed by atoms with E-state index in [9.17, 15) is 13.9 Å². The quantitative estimate of drug-likeness (QED) is 0.243. The second-order valence-corrected chi connectivity index (χ2v) is 9.89. The van der Waals surface area contributed by atoms with Crippen LogP contribution < -0.4 is 16.4 Å². The average molecular weight is 496 g/mol. The lowest BCUT2D eigenvalue weighted by Crippen LogP contribution is -2.68. The minimum atomic E-state index is -0.564. The largest absolute Gasteiger partial charge is 0.399 e. The van der Waals surface area contributed by atoms with Crippen molar-refractivity contribution in [2.45, 2.75) is 38.0 Å². The number of halogens is 2. The minimum Gasteiger partial charge on any atom is -0.399 e. The fraction of sp³-hybridized carbons (Fsp3) is 0.379. The van der Waals surface area contributed by atoms with Crippen LogP contribution in [-0.4, -0.2) is 54.6 Å². The summed E-state index contributed by atoms with van der Waals surface area (Å²) >= 11 is 0. The molecule has 5 nitrogen and oxygen atoms in total. The Balaban J connectivity index is 1.55. The average Bonchev–Trinajstić information content (AvgIpc) is 2.88. The lowest BCUT2D eigenvalue weighted by atomic mass is 9.87. The van der Waals surface area contributed by atoms with Crippen molar-refractivity contribution in [1.29, 1.82) is 0 Å². The van der Waals surface area contributed by atoms with Crippen molar-refractivity contribution in [3.63, 3.8) is 0 Å². The summed E-state index contributed by atoms with van der Waals surface area (Å²) in [6.07, 6.45) is 0.988. The van der Waals surface area contributed by atoms with Crippen LogP contribution in [0, 0.1) is 11.6 Å². The van der Waals surface area contributed by atoms with Gasteiger partial charge in [0.2, 0.25) is 0 Å². The molecule has 1 aliphatic rings. The maximum Gasteiger partial charge on any atom is 0.188 e. The smallest absolute Gasteiger partial charge is 0.188 e. The van der Waals surface area contributed by atoms with Crippen molar-refractivity contribution >= 4 is 11.4 Å².